The Morgan fingerprint density at radius 1 is 1.04 bits per heavy atom. The van der Waals surface area contributed by atoms with Crippen LogP contribution in [0.15, 0.2) is 70.0 Å². The summed E-state index contributed by atoms with van der Waals surface area (Å²) in [6, 6.07) is 16.2. The van der Waals surface area contributed by atoms with Gasteiger partial charge in [0.25, 0.3) is 11.5 Å². The van der Waals surface area contributed by atoms with E-state index in [2.05, 4.69) is 5.32 Å². The van der Waals surface area contributed by atoms with Crippen molar-refractivity contribution in [3.8, 4) is 0 Å². The number of carbonyl (C=O) groups is 1. The van der Waals surface area contributed by atoms with Crippen LogP contribution in [0.3, 0.4) is 0 Å². The van der Waals surface area contributed by atoms with Gasteiger partial charge in [0.15, 0.2) is 5.76 Å². The molecule has 0 saturated heterocycles. The number of benzene rings is 2. The van der Waals surface area contributed by atoms with E-state index >= 15 is 0 Å². The zero-order valence-electron chi connectivity index (χ0n) is 12.9. The molecule has 5 nitrogen and oxygen atoms in total. The zero-order chi connectivity index (χ0) is 16.7. The fourth-order valence-corrected chi connectivity index (χ4v) is 2.76. The Morgan fingerprint density at radius 2 is 1.88 bits per heavy atom. The Balaban J connectivity index is 1.75. The lowest BCUT2D eigenvalue weighted by molar-refractivity contribution is 0.0999. The SMILES string of the molecule is Cn1ccc2c(NC(=O)c3cc4ccccc4o3)cccc2c1=O. The quantitative estimate of drug-likeness (QED) is 0.615. The Kier molecular flexibility index (Phi) is 3.20. The molecule has 2 aromatic heterocycles. The number of nitrogens with one attached hydrogen (secondary N) is 1. The molecule has 0 atom stereocenters. The van der Waals surface area contributed by atoms with Crippen LogP contribution in [-0.2, 0) is 7.05 Å². The number of rotatable bonds is 2. The molecule has 0 radical (unpaired) electrons. The number of para-hydroxylation sites is 1. The average molecular weight is 318 g/mol. The van der Waals surface area contributed by atoms with Crippen molar-refractivity contribution in [1.82, 2.24) is 4.57 Å². The van der Waals surface area contributed by atoms with Gasteiger partial charge in [0.2, 0.25) is 0 Å². The van der Waals surface area contributed by atoms with Crippen molar-refractivity contribution < 1.29 is 9.21 Å². The van der Waals surface area contributed by atoms with Gasteiger partial charge in [0.05, 0.1) is 0 Å². The summed E-state index contributed by atoms with van der Waals surface area (Å²) in [5.74, 6) is -0.114. The molecule has 0 aliphatic heterocycles. The number of hydrogen-bond donors (Lipinski definition) is 1. The molecular formula is C19H14N2O3. The molecule has 0 spiro atoms. The van der Waals surface area contributed by atoms with Gasteiger partial charge in [0.1, 0.15) is 5.58 Å². The van der Waals surface area contributed by atoms with E-state index in [9.17, 15) is 9.59 Å². The van der Waals surface area contributed by atoms with Gasteiger partial charge in [-0.1, -0.05) is 24.3 Å². The maximum absolute atomic E-state index is 12.5. The van der Waals surface area contributed by atoms with E-state index in [0.29, 0.717) is 22.0 Å². The molecule has 2 heterocycles. The molecule has 0 fully saturated rings. The zero-order valence-corrected chi connectivity index (χ0v) is 12.9. The lowest BCUT2D eigenvalue weighted by atomic mass is 10.1. The van der Waals surface area contributed by atoms with E-state index in [1.807, 2.05) is 30.3 Å². The lowest BCUT2D eigenvalue weighted by Crippen LogP contribution is -2.17. The summed E-state index contributed by atoms with van der Waals surface area (Å²) in [6.07, 6.45) is 1.68. The van der Waals surface area contributed by atoms with Gasteiger partial charge >= 0.3 is 0 Å². The van der Waals surface area contributed by atoms with Crippen molar-refractivity contribution in [2.24, 2.45) is 7.05 Å². The van der Waals surface area contributed by atoms with Crippen LogP contribution in [0.25, 0.3) is 21.7 Å². The molecule has 1 amide bonds. The maximum Gasteiger partial charge on any atom is 0.291 e. The molecule has 24 heavy (non-hydrogen) atoms. The van der Waals surface area contributed by atoms with Gasteiger partial charge in [-0.25, -0.2) is 0 Å². The van der Waals surface area contributed by atoms with Crippen LogP contribution < -0.4 is 10.9 Å². The van der Waals surface area contributed by atoms with Crippen molar-refractivity contribution in [1.29, 1.82) is 0 Å². The minimum atomic E-state index is -0.348. The highest BCUT2D eigenvalue weighted by Gasteiger charge is 2.14. The highest BCUT2D eigenvalue weighted by Crippen LogP contribution is 2.23. The molecule has 0 bridgehead atoms. The van der Waals surface area contributed by atoms with E-state index in [1.165, 1.54) is 4.57 Å². The number of fused-ring (bicyclic) bond motifs is 2. The first kappa shape index (κ1) is 14.3. The second-order valence-corrected chi connectivity index (χ2v) is 5.60. The van der Waals surface area contributed by atoms with E-state index in [0.717, 1.165) is 5.39 Å². The van der Waals surface area contributed by atoms with E-state index < -0.39 is 0 Å². The molecule has 0 unspecified atom stereocenters. The fraction of sp³-hybridized carbons (Fsp3) is 0.0526. The first-order valence-corrected chi connectivity index (χ1v) is 7.52. The number of pyridine rings is 1. The molecule has 0 aliphatic rings. The van der Waals surface area contributed by atoms with Crippen LogP contribution in [0.2, 0.25) is 0 Å². The number of amides is 1. The van der Waals surface area contributed by atoms with Gasteiger partial charge in [-0.2, -0.15) is 0 Å². The number of aryl methyl sites for hydroxylation is 1. The second kappa shape index (κ2) is 5.38. The minimum absolute atomic E-state index is 0.104. The number of carbonyl (C=O) groups excluding carboxylic acids is 1. The molecule has 1 N–H and O–H groups in total. The molecule has 4 aromatic rings. The highest BCUT2D eigenvalue weighted by molar-refractivity contribution is 6.09. The first-order chi connectivity index (χ1) is 11.6. The number of anilines is 1. The summed E-state index contributed by atoms with van der Waals surface area (Å²) >= 11 is 0. The van der Waals surface area contributed by atoms with Crippen molar-refractivity contribution >= 4 is 33.3 Å². The molecule has 118 valence electrons. The maximum atomic E-state index is 12.5. The number of aromatic nitrogens is 1. The van der Waals surface area contributed by atoms with Gasteiger partial charge in [-0.05, 0) is 30.3 Å². The second-order valence-electron chi connectivity index (χ2n) is 5.60. The summed E-state index contributed by atoms with van der Waals surface area (Å²) < 4.78 is 7.09. The highest BCUT2D eigenvalue weighted by atomic mass is 16.3. The third-order valence-corrected chi connectivity index (χ3v) is 4.02. The van der Waals surface area contributed by atoms with Gasteiger partial charge in [0, 0.05) is 35.1 Å². The summed E-state index contributed by atoms with van der Waals surface area (Å²) in [7, 11) is 1.70. The Labute approximate surface area is 137 Å². The van der Waals surface area contributed by atoms with Crippen LogP contribution in [-0.4, -0.2) is 10.5 Å². The Hall–Kier alpha value is -3.34. The van der Waals surface area contributed by atoms with Crippen LogP contribution in [0.4, 0.5) is 5.69 Å². The van der Waals surface area contributed by atoms with Crippen LogP contribution in [0.1, 0.15) is 10.6 Å². The third-order valence-electron chi connectivity index (χ3n) is 4.02. The smallest absolute Gasteiger partial charge is 0.291 e. The average Bonchev–Trinajstić information content (AvgIpc) is 3.03. The monoisotopic (exact) mass is 318 g/mol. The van der Waals surface area contributed by atoms with Crippen molar-refractivity contribution in [2.45, 2.75) is 0 Å². The van der Waals surface area contributed by atoms with Gasteiger partial charge in [-0.15, -0.1) is 0 Å². The topological polar surface area (TPSA) is 64.2 Å². The number of nitrogens with zero attached hydrogens (tertiary/aromatic N) is 1. The predicted octanol–water partition coefficient (Wildman–Crippen LogP) is 3.54. The van der Waals surface area contributed by atoms with E-state index in [4.69, 9.17) is 4.42 Å². The van der Waals surface area contributed by atoms with Crippen LogP contribution in [0.5, 0.6) is 0 Å². The first-order valence-electron chi connectivity index (χ1n) is 7.52. The van der Waals surface area contributed by atoms with Crippen LogP contribution in [0, 0.1) is 0 Å². The molecule has 2 aromatic carbocycles. The van der Waals surface area contributed by atoms with Crippen molar-refractivity contribution in [3.05, 3.63) is 76.9 Å². The normalized spacial score (nSPS) is 11.0. The molecule has 0 aliphatic carbocycles. The molecule has 5 heteroatoms. The third kappa shape index (κ3) is 2.27. The molecular weight excluding hydrogens is 304 g/mol. The van der Waals surface area contributed by atoms with Crippen molar-refractivity contribution in [3.63, 3.8) is 0 Å². The van der Waals surface area contributed by atoms with E-state index in [-0.39, 0.29) is 17.2 Å². The predicted molar refractivity (Wildman–Crippen MR) is 93.4 cm³/mol. The standard InChI is InChI=1S/C19H14N2O3/c1-21-10-9-13-14(19(21)23)6-4-7-15(13)20-18(22)17-11-12-5-2-3-8-16(12)24-17/h2-11H,1H3,(H,20,22). The molecule has 0 saturated carbocycles. The van der Waals surface area contributed by atoms with Gasteiger partial charge < -0.3 is 14.3 Å². The van der Waals surface area contributed by atoms with E-state index in [1.54, 1.807) is 37.5 Å². The summed E-state index contributed by atoms with van der Waals surface area (Å²) in [4.78, 5) is 24.7. The lowest BCUT2D eigenvalue weighted by Gasteiger charge is -2.08. The number of furan rings is 1. The summed E-state index contributed by atoms with van der Waals surface area (Å²) in [6.45, 7) is 0. The largest absolute Gasteiger partial charge is 0.451 e. The summed E-state index contributed by atoms with van der Waals surface area (Å²) in [5, 5.41) is 4.95. The fourth-order valence-electron chi connectivity index (χ4n) is 2.76. The van der Waals surface area contributed by atoms with Gasteiger partial charge in [-0.3, -0.25) is 9.59 Å². The minimum Gasteiger partial charge on any atom is -0.451 e. The Morgan fingerprint density at radius 3 is 2.71 bits per heavy atom. The summed E-state index contributed by atoms with van der Waals surface area (Å²) in [5.41, 5.74) is 1.14. The molecule has 4 rings (SSSR count). The van der Waals surface area contributed by atoms with Crippen LogP contribution >= 0.6 is 0 Å². The number of hydrogen-bond acceptors (Lipinski definition) is 3. The Bertz CT molecular complexity index is 1110. The van der Waals surface area contributed by atoms with Crippen molar-refractivity contribution in [2.75, 3.05) is 5.32 Å².